The van der Waals surface area contributed by atoms with Crippen LogP contribution in [0.3, 0.4) is 0 Å². The summed E-state index contributed by atoms with van der Waals surface area (Å²) in [5.74, 6) is -0.444. The zero-order chi connectivity index (χ0) is 35.8. The van der Waals surface area contributed by atoms with E-state index in [2.05, 4.69) is 0 Å². The molecule has 0 aromatic heterocycles. The van der Waals surface area contributed by atoms with Gasteiger partial charge in [-0.05, 0) is 33.4 Å². The van der Waals surface area contributed by atoms with Gasteiger partial charge < -0.3 is 28.4 Å². The van der Waals surface area contributed by atoms with E-state index in [1.807, 2.05) is 152 Å². The summed E-state index contributed by atoms with van der Waals surface area (Å²) < 4.78 is 39.0. The van der Waals surface area contributed by atoms with Crippen molar-refractivity contribution in [2.45, 2.75) is 63.4 Å². The van der Waals surface area contributed by atoms with E-state index < -0.39 is 36.5 Å². The van der Waals surface area contributed by atoms with Gasteiger partial charge in [-0.15, -0.1) is 0 Å². The van der Waals surface area contributed by atoms with Crippen molar-refractivity contribution in [3.8, 4) is 0 Å². The molecule has 1 aliphatic heterocycles. The second kappa shape index (κ2) is 19.6. The molecule has 1 aliphatic rings. The molecule has 0 unspecified atom stereocenters. The molecular formula is C45H46O7. The predicted octanol–water partition coefficient (Wildman–Crippen LogP) is 8.37. The van der Waals surface area contributed by atoms with Crippen LogP contribution in [0.15, 0.2) is 158 Å². The SMILES string of the molecule is COC(=O)/C=C(\C[C@H]1O[C@H](COCc2ccccc2)[C@@H](OCc2ccccc2)[C@H](OCc2ccccc2)[C@@H]1OCc1ccccc1)c1ccccc1. The fourth-order valence-electron chi connectivity index (χ4n) is 6.38. The Morgan fingerprint density at radius 1 is 0.538 bits per heavy atom. The predicted molar refractivity (Wildman–Crippen MR) is 201 cm³/mol. The monoisotopic (exact) mass is 698 g/mol. The number of carbonyl (C=O) groups excluding carboxylic acids is 1. The topological polar surface area (TPSA) is 72.5 Å². The van der Waals surface area contributed by atoms with E-state index in [-0.39, 0.29) is 6.61 Å². The summed E-state index contributed by atoms with van der Waals surface area (Å²) in [4.78, 5) is 12.7. The van der Waals surface area contributed by atoms with E-state index in [4.69, 9.17) is 28.4 Å². The fraction of sp³-hybridized carbons (Fsp3) is 0.267. The highest BCUT2D eigenvalue weighted by atomic mass is 16.6. The summed E-state index contributed by atoms with van der Waals surface area (Å²) in [6, 6.07) is 50.1. The smallest absolute Gasteiger partial charge is 0.330 e. The Hall–Kier alpha value is -4.89. The lowest BCUT2D eigenvalue weighted by Gasteiger charge is -2.46. The number of esters is 1. The Morgan fingerprint density at radius 2 is 0.942 bits per heavy atom. The number of hydrogen-bond acceptors (Lipinski definition) is 7. The normalized spacial score (nSPS) is 20.3. The van der Waals surface area contributed by atoms with Gasteiger partial charge in [-0.1, -0.05) is 152 Å². The van der Waals surface area contributed by atoms with Crippen LogP contribution in [-0.2, 0) is 59.6 Å². The Bertz CT molecular complexity index is 1780. The van der Waals surface area contributed by atoms with Crippen molar-refractivity contribution in [2.24, 2.45) is 0 Å². The van der Waals surface area contributed by atoms with Crippen LogP contribution in [0.1, 0.15) is 34.2 Å². The maximum Gasteiger partial charge on any atom is 0.330 e. The van der Waals surface area contributed by atoms with Crippen LogP contribution in [0.25, 0.3) is 5.57 Å². The third kappa shape index (κ3) is 10.8. The summed E-state index contributed by atoms with van der Waals surface area (Å²) in [5, 5.41) is 0. The van der Waals surface area contributed by atoms with Gasteiger partial charge >= 0.3 is 5.97 Å². The van der Waals surface area contributed by atoms with Gasteiger partial charge in [-0.3, -0.25) is 0 Å². The summed E-state index contributed by atoms with van der Waals surface area (Å²) >= 11 is 0. The van der Waals surface area contributed by atoms with Crippen molar-refractivity contribution in [2.75, 3.05) is 13.7 Å². The zero-order valence-corrected chi connectivity index (χ0v) is 29.5. The van der Waals surface area contributed by atoms with Gasteiger partial charge in [0.1, 0.15) is 24.4 Å². The third-order valence-corrected chi connectivity index (χ3v) is 9.04. The van der Waals surface area contributed by atoms with Crippen molar-refractivity contribution in [3.05, 3.63) is 186 Å². The molecule has 0 spiro atoms. The molecule has 5 atom stereocenters. The molecule has 268 valence electrons. The molecule has 0 N–H and O–H groups in total. The van der Waals surface area contributed by atoms with Gasteiger partial charge in [-0.2, -0.15) is 0 Å². The Balaban J connectivity index is 1.37. The van der Waals surface area contributed by atoms with Crippen LogP contribution in [-0.4, -0.2) is 50.2 Å². The Morgan fingerprint density at radius 3 is 1.40 bits per heavy atom. The highest BCUT2D eigenvalue weighted by Gasteiger charge is 2.48. The van der Waals surface area contributed by atoms with E-state index in [1.54, 1.807) is 0 Å². The molecule has 0 radical (unpaired) electrons. The highest BCUT2D eigenvalue weighted by molar-refractivity contribution is 5.91. The van der Waals surface area contributed by atoms with E-state index in [0.29, 0.717) is 32.8 Å². The molecular weight excluding hydrogens is 652 g/mol. The maximum absolute atomic E-state index is 12.7. The van der Waals surface area contributed by atoms with E-state index in [9.17, 15) is 4.79 Å². The van der Waals surface area contributed by atoms with Crippen molar-refractivity contribution >= 4 is 11.5 Å². The summed E-state index contributed by atoms with van der Waals surface area (Å²) in [7, 11) is 1.38. The Kier molecular flexibility index (Phi) is 13.9. The lowest BCUT2D eigenvalue weighted by atomic mass is 9.88. The second-order valence-electron chi connectivity index (χ2n) is 12.8. The third-order valence-electron chi connectivity index (χ3n) is 9.04. The van der Waals surface area contributed by atoms with E-state index >= 15 is 0 Å². The van der Waals surface area contributed by atoms with Crippen LogP contribution < -0.4 is 0 Å². The molecule has 6 rings (SSSR count). The first kappa shape index (κ1) is 36.9. The van der Waals surface area contributed by atoms with Gasteiger partial charge in [0.15, 0.2) is 0 Å². The molecule has 7 nitrogen and oxygen atoms in total. The first-order valence-electron chi connectivity index (χ1n) is 17.7. The first-order chi connectivity index (χ1) is 25.7. The number of benzene rings is 5. The van der Waals surface area contributed by atoms with Crippen LogP contribution in [0.5, 0.6) is 0 Å². The average molecular weight is 699 g/mol. The molecule has 7 heteroatoms. The largest absolute Gasteiger partial charge is 0.466 e. The molecule has 0 bridgehead atoms. The van der Waals surface area contributed by atoms with Gasteiger partial charge in [-0.25, -0.2) is 4.79 Å². The maximum atomic E-state index is 12.7. The molecule has 5 aromatic carbocycles. The Labute approximate surface area is 306 Å². The molecule has 0 saturated carbocycles. The summed E-state index contributed by atoms with van der Waals surface area (Å²) in [5.41, 5.74) is 5.79. The van der Waals surface area contributed by atoms with Crippen LogP contribution in [0.4, 0.5) is 0 Å². The zero-order valence-electron chi connectivity index (χ0n) is 29.5. The van der Waals surface area contributed by atoms with Crippen molar-refractivity contribution in [3.63, 3.8) is 0 Å². The number of hydrogen-bond donors (Lipinski definition) is 0. The molecule has 1 saturated heterocycles. The van der Waals surface area contributed by atoms with Crippen LogP contribution >= 0.6 is 0 Å². The number of rotatable bonds is 17. The van der Waals surface area contributed by atoms with Gasteiger partial charge in [0, 0.05) is 12.5 Å². The molecule has 1 heterocycles. The standard InChI is InChI=1S/C45H46O7/c1-47-42(46)28-39(38-25-15-6-16-26-38)27-40-43(49-30-35-19-9-3-10-20-35)45(51-32-37-23-13-5-14-24-37)44(50-31-36-21-11-4-12-22-36)41(52-40)33-48-29-34-17-7-2-8-18-34/h2-26,28,40-41,43-45H,27,29-33H2,1H3/b39-28+/t40-,41-,43-,44-,45-/m1/s1. The minimum atomic E-state index is -0.583. The molecule has 52 heavy (non-hydrogen) atoms. The molecule has 0 amide bonds. The fourth-order valence-corrected chi connectivity index (χ4v) is 6.38. The number of carbonyl (C=O) groups is 1. The minimum Gasteiger partial charge on any atom is -0.466 e. The van der Waals surface area contributed by atoms with E-state index in [0.717, 1.165) is 33.4 Å². The van der Waals surface area contributed by atoms with Crippen molar-refractivity contribution < 1.29 is 33.2 Å². The molecule has 1 fully saturated rings. The first-order valence-corrected chi connectivity index (χ1v) is 17.7. The lowest BCUT2D eigenvalue weighted by Crippen LogP contribution is -2.61. The average Bonchev–Trinajstić information content (AvgIpc) is 3.20. The summed E-state index contributed by atoms with van der Waals surface area (Å²) in [6.45, 7) is 1.69. The van der Waals surface area contributed by atoms with Gasteiger partial charge in [0.25, 0.3) is 0 Å². The van der Waals surface area contributed by atoms with Crippen LogP contribution in [0, 0.1) is 0 Å². The number of methoxy groups -OCH3 is 1. The quantitative estimate of drug-likeness (QED) is 0.0714. The lowest BCUT2D eigenvalue weighted by molar-refractivity contribution is -0.271. The van der Waals surface area contributed by atoms with Crippen molar-refractivity contribution in [1.29, 1.82) is 0 Å². The molecule has 5 aromatic rings. The highest BCUT2D eigenvalue weighted by Crippen LogP contribution is 2.35. The summed E-state index contributed by atoms with van der Waals surface area (Å²) in [6.07, 6.45) is -0.878. The van der Waals surface area contributed by atoms with Crippen LogP contribution in [0.2, 0.25) is 0 Å². The van der Waals surface area contributed by atoms with Gasteiger partial charge in [0.2, 0.25) is 0 Å². The number of ether oxygens (including phenoxy) is 6. The minimum absolute atomic E-state index is 0.253. The van der Waals surface area contributed by atoms with E-state index in [1.165, 1.54) is 13.2 Å². The molecule has 0 aliphatic carbocycles. The second-order valence-corrected chi connectivity index (χ2v) is 12.8. The van der Waals surface area contributed by atoms with Crippen molar-refractivity contribution in [1.82, 2.24) is 0 Å². The van der Waals surface area contributed by atoms with Gasteiger partial charge in [0.05, 0.1) is 46.2 Å².